The molecular formula is C26H54O5Si. The molecule has 192 valence electrons. The van der Waals surface area contributed by atoms with Gasteiger partial charge in [0.2, 0.25) is 0 Å². The zero-order valence-electron chi connectivity index (χ0n) is 21.9. The van der Waals surface area contributed by atoms with Gasteiger partial charge in [0, 0.05) is 27.2 Å². The highest BCUT2D eigenvalue weighted by Crippen LogP contribution is 2.14. The van der Waals surface area contributed by atoms with Crippen molar-refractivity contribution in [2.75, 3.05) is 34.0 Å². The molecule has 0 fully saturated rings. The molecule has 0 aromatic heterocycles. The number of hydrogen-bond acceptors (Lipinski definition) is 5. The van der Waals surface area contributed by atoms with Gasteiger partial charge >= 0.3 is 14.5 Å². The summed E-state index contributed by atoms with van der Waals surface area (Å²) in [6.45, 7) is 5.78. The topological polar surface area (TPSA) is 54.0 Å². The second kappa shape index (κ2) is 23.7. The average Bonchev–Trinajstić information content (AvgIpc) is 2.80. The Balaban J connectivity index is 3.25. The number of carbonyl (C=O) groups excluding carboxylic acids is 1. The molecule has 0 spiro atoms. The molecule has 0 atom stereocenters. The summed E-state index contributed by atoms with van der Waals surface area (Å²) < 4.78 is 21.7. The Hall–Kier alpha value is -0.433. The molecule has 0 aliphatic carbocycles. The molecule has 32 heavy (non-hydrogen) atoms. The van der Waals surface area contributed by atoms with Crippen molar-refractivity contribution >= 4 is 14.5 Å². The maximum Gasteiger partial charge on any atom is 0.334 e. The molecule has 0 bridgehead atoms. The van der Waals surface area contributed by atoms with Crippen LogP contribution in [0.5, 0.6) is 0 Å². The molecule has 0 radical (unpaired) electrons. The van der Waals surface area contributed by atoms with E-state index in [1.165, 1.54) is 83.5 Å². The lowest BCUT2D eigenvalue weighted by atomic mass is 10.0. The molecule has 6 heteroatoms. The van der Waals surface area contributed by atoms with Crippen molar-refractivity contribution in [3.63, 3.8) is 0 Å². The third-order valence-corrected chi connectivity index (χ3v) is 9.25. The summed E-state index contributed by atoms with van der Waals surface area (Å²) in [6, 6.07) is 0.902. The Bertz CT molecular complexity index is 402. The molecule has 5 nitrogen and oxygen atoms in total. The molecule has 0 aromatic carbocycles. The summed E-state index contributed by atoms with van der Waals surface area (Å²) in [6.07, 6.45) is 21.4. The lowest BCUT2D eigenvalue weighted by Crippen LogP contribution is -2.36. The highest BCUT2D eigenvalue weighted by molar-refractivity contribution is 6.65. The molecule has 0 aliphatic rings. The van der Waals surface area contributed by atoms with Crippen LogP contribution in [-0.2, 0) is 23.1 Å². The molecule has 0 heterocycles. The van der Waals surface area contributed by atoms with Crippen LogP contribution in [-0.4, -0.2) is 48.6 Å². The van der Waals surface area contributed by atoms with E-state index >= 15 is 0 Å². The zero-order valence-corrected chi connectivity index (χ0v) is 22.9. The Labute approximate surface area is 200 Å². The van der Waals surface area contributed by atoms with Gasteiger partial charge in [0.25, 0.3) is 0 Å². The molecule has 0 saturated carbocycles. The van der Waals surface area contributed by atoms with Gasteiger partial charge in [-0.1, -0.05) is 96.8 Å². The molecule has 0 aliphatic heterocycles. The standard InChI is InChI=1S/C26H54O5Si/c1-5-6-7-8-9-10-11-12-13-14-15-16-17-18-19-21-26(27)31-24-23-30-22-20-25-32(4,28-2)29-3/h5-25H2,1-4H3. The number of esters is 1. The summed E-state index contributed by atoms with van der Waals surface area (Å²) in [4.78, 5) is 11.8. The number of carbonyl (C=O) groups is 1. The second-order valence-electron chi connectivity index (χ2n) is 9.18. The van der Waals surface area contributed by atoms with Crippen molar-refractivity contribution in [3.8, 4) is 0 Å². The van der Waals surface area contributed by atoms with Gasteiger partial charge < -0.3 is 18.3 Å². The summed E-state index contributed by atoms with van der Waals surface area (Å²) in [5.41, 5.74) is 0. The van der Waals surface area contributed by atoms with Crippen molar-refractivity contribution < 1.29 is 23.1 Å². The summed E-state index contributed by atoms with van der Waals surface area (Å²) >= 11 is 0. The maximum atomic E-state index is 11.8. The van der Waals surface area contributed by atoms with Gasteiger partial charge in [-0.05, 0) is 25.4 Å². The fraction of sp³-hybridized carbons (Fsp3) is 0.962. The van der Waals surface area contributed by atoms with E-state index in [1.807, 2.05) is 6.55 Å². The number of rotatable bonds is 25. The van der Waals surface area contributed by atoms with Crippen LogP contribution in [0.25, 0.3) is 0 Å². The fourth-order valence-electron chi connectivity index (χ4n) is 3.81. The third kappa shape index (κ3) is 21.4. The Morgan fingerprint density at radius 3 is 1.56 bits per heavy atom. The van der Waals surface area contributed by atoms with Crippen molar-refractivity contribution in [3.05, 3.63) is 0 Å². The summed E-state index contributed by atoms with van der Waals surface area (Å²) in [5, 5.41) is 0. The van der Waals surface area contributed by atoms with Crippen LogP contribution >= 0.6 is 0 Å². The van der Waals surface area contributed by atoms with Crippen LogP contribution in [0.4, 0.5) is 0 Å². The van der Waals surface area contributed by atoms with Crippen LogP contribution < -0.4 is 0 Å². The lowest BCUT2D eigenvalue weighted by Gasteiger charge is -2.22. The van der Waals surface area contributed by atoms with Gasteiger partial charge in [-0.15, -0.1) is 0 Å². The van der Waals surface area contributed by atoms with Crippen LogP contribution in [0.3, 0.4) is 0 Å². The lowest BCUT2D eigenvalue weighted by molar-refractivity contribution is -0.145. The first-order valence-corrected chi connectivity index (χ1v) is 15.9. The first kappa shape index (κ1) is 31.6. The quantitative estimate of drug-likeness (QED) is 0.0776. The normalized spacial score (nSPS) is 11.8. The summed E-state index contributed by atoms with van der Waals surface area (Å²) in [7, 11) is 1.42. The van der Waals surface area contributed by atoms with E-state index in [-0.39, 0.29) is 5.97 Å². The predicted molar refractivity (Wildman–Crippen MR) is 136 cm³/mol. The SMILES string of the molecule is CCCCCCCCCCCCCCCCCC(=O)OCCOCCC[Si](C)(OC)OC. The van der Waals surface area contributed by atoms with E-state index in [9.17, 15) is 4.79 Å². The molecule has 0 unspecified atom stereocenters. The first-order valence-electron chi connectivity index (χ1n) is 13.4. The highest BCUT2D eigenvalue weighted by atomic mass is 28.4. The van der Waals surface area contributed by atoms with Crippen molar-refractivity contribution in [2.45, 2.75) is 129 Å². The fourth-order valence-corrected chi connectivity index (χ4v) is 5.17. The van der Waals surface area contributed by atoms with Crippen LogP contribution in [0.2, 0.25) is 12.6 Å². The molecule has 0 rings (SSSR count). The van der Waals surface area contributed by atoms with E-state index in [0.717, 1.165) is 25.3 Å². The smallest absolute Gasteiger partial charge is 0.334 e. The van der Waals surface area contributed by atoms with Crippen molar-refractivity contribution in [2.24, 2.45) is 0 Å². The van der Waals surface area contributed by atoms with Crippen LogP contribution in [0.1, 0.15) is 116 Å². The Morgan fingerprint density at radius 1 is 0.625 bits per heavy atom. The largest absolute Gasteiger partial charge is 0.463 e. The minimum atomic E-state index is -1.99. The van der Waals surface area contributed by atoms with E-state index < -0.39 is 8.56 Å². The molecule has 0 amide bonds. The van der Waals surface area contributed by atoms with Gasteiger partial charge in [-0.2, -0.15) is 0 Å². The van der Waals surface area contributed by atoms with Gasteiger partial charge in [-0.25, -0.2) is 0 Å². The average molecular weight is 475 g/mol. The van der Waals surface area contributed by atoms with E-state index in [4.69, 9.17) is 18.3 Å². The van der Waals surface area contributed by atoms with Crippen molar-refractivity contribution in [1.82, 2.24) is 0 Å². The Kier molecular flexibility index (Phi) is 23.4. The maximum absolute atomic E-state index is 11.8. The molecule has 0 aromatic rings. The Morgan fingerprint density at radius 2 is 1.09 bits per heavy atom. The van der Waals surface area contributed by atoms with Gasteiger partial charge in [0.1, 0.15) is 6.61 Å². The van der Waals surface area contributed by atoms with Gasteiger partial charge in [0.05, 0.1) is 6.61 Å². The number of unbranched alkanes of at least 4 members (excludes halogenated alkanes) is 14. The number of ether oxygens (including phenoxy) is 2. The minimum absolute atomic E-state index is 0.0953. The number of hydrogen-bond donors (Lipinski definition) is 0. The van der Waals surface area contributed by atoms with Gasteiger partial charge in [0.15, 0.2) is 0 Å². The third-order valence-electron chi connectivity index (χ3n) is 6.26. The van der Waals surface area contributed by atoms with Gasteiger partial charge in [-0.3, -0.25) is 4.79 Å². The molecular weight excluding hydrogens is 420 g/mol. The van der Waals surface area contributed by atoms with Crippen LogP contribution in [0.15, 0.2) is 0 Å². The second-order valence-corrected chi connectivity index (χ2v) is 12.8. The highest BCUT2D eigenvalue weighted by Gasteiger charge is 2.27. The van der Waals surface area contributed by atoms with E-state index in [2.05, 4.69) is 6.92 Å². The zero-order chi connectivity index (χ0) is 23.8. The van der Waals surface area contributed by atoms with Crippen molar-refractivity contribution in [1.29, 1.82) is 0 Å². The monoisotopic (exact) mass is 474 g/mol. The van der Waals surface area contributed by atoms with E-state index in [0.29, 0.717) is 26.2 Å². The van der Waals surface area contributed by atoms with E-state index in [1.54, 1.807) is 14.2 Å². The summed E-state index contributed by atoms with van der Waals surface area (Å²) in [5.74, 6) is -0.0953. The predicted octanol–water partition coefficient (Wildman–Crippen LogP) is 7.56. The van der Waals surface area contributed by atoms with Crippen LogP contribution in [0, 0.1) is 0 Å². The molecule has 0 N–H and O–H groups in total. The minimum Gasteiger partial charge on any atom is -0.463 e. The first-order chi connectivity index (χ1) is 15.6. The molecule has 0 saturated heterocycles.